The summed E-state index contributed by atoms with van der Waals surface area (Å²) in [6.45, 7) is 7.47. The van der Waals surface area contributed by atoms with Crippen molar-refractivity contribution in [3.63, 3.8) is 0 Å². The summed E-state index contributed by atoms with van der Waals surface area (Å²) in [6, 6.07) is 8.06. The van der Waals surface area contributed by atoms with Crippen LogP contribution in [0.4, 0.5) is 0 Å². The molecule has 0 saturated heterocycles. The van der Waals surface area contributed by atoms with Crippen LogP contribution in [0.5, 0.6) is 0 Å². The van der Waals surface area contributed by atoms with Crippen molar-refractivity contribution in [2.24, 2.45) is 0 Å². The molecule has 0 unspecified atom stereocenters. The molecule has 0 spiro atoms. The normalized spacial score (nSPS) is 11.2. The van der Waals surface area contributed by atoms with E-state index in [0.29, 0.717) is 13.0 Å². The predicted molar refractivity (Wildman–Crippen MR) is 103 cm³/mol. The van der Waals surface area contributed by atoms with Gasteiger partial charge in [0, 0.05) is 32.3 Å². The van der Waals surface area contributed by atoms with E-state index in [1.54, 1.807) is 0 Å². The van der Waals surface area contributed by atoms with Crippen molar-refractivity contribution < 1.29 is 4.79 Å². The van der Waals surface area contributed by atoms with Gasteiger partial charge in [-0.15, -0.1) is 0 Å². The van der Waals surface area contributed by atoms with E-state index in [9.17, 15) is 4.79 Å². The molecule has 0 aliphatic rings. The van der Waals surface area contributed by atoms with Gasteiger partial charge in [-0.25, -0.2) is 4.98 Å². The number of imidazole rings is 1. The highest BCUT2D eigenvalue weighted by Crippen LogP contribution is 2.16. The lowest BCUT2D eigenvalue weighted by Crippen LogP contribution is -2.29. The summed E-state index contributed by atoms with van der Waals surface area (Å²) in [5.74, 6) is 1.12. The summed E-state index contributed by atoms with van der Waals surface area (Å²) in [4.78, 5) is 18.9. The molecule has 6 nitrogen and oxygen atoms in total. The predicted octanol–water partition coefficient (Wildman–Crippen LogP) is 3.17. The number of carbonyl (C=O) groups is 1. The number of carbonyl (C=O) groups excluding carboxylic acids is 1. The number of nitrogens with one attached hydrogen (secondary N) is 1. The number of benzene rings is 1. The van der Waals surface area contributed by atoms with Crippen LogP contribution < -0.4 is 0 Å². The van der Waals surface area contributed by atoms with Crippen LogP contribution >= 0.6 is 0 Å². The third-order valence-electron chi connectivity index (χ3n) is 5.02. The number of aryl methyl sites for hydroxylation is 4. The molecular formula is C20H27N5O. The van der Waals surface area contributed by atoms with E-state index >= 15 is 0 Å². The monoisotopic (exact) mass is 353 g/mol. The van der Waals surface area contributed by atoms with Crippen molar-refractivity contribution in [2.75, 3.05) is 13.6 Å². The van der Waals surface area contributed by atoms with Gasteiger partial charge in [-0.3, -0.25) is 9.89 Å². The number of hydrogen-bond donors (Lipinski definition) is 1. The number of amides is 1. The Bertz CT molecular complexity index is 889. The van der Waals surface area contributed by atoms with E-state index in [0.717, 1.165) is 47.6 Å². The molecule has 0 atom stereocenters. The maximum Gasteiger partial charge on any atom is 0.224 e. The third kappa shape index (κ3) is 3.79. The first-order chi connectivity index (χ1) is 12.5. The number of rotatable bonds is 7. The Kier molecular flexibility index (Phi) is 5.40. The number of aromatic nitrogens is 4. The first kappa shape index (κ1) is 18.2. The highest BCUT2D eigenvalue weighted by atomic mass is 16.2. The minimum Gasteiger partial charge on any atom is -0.346 e. The lowest BCUT2D eigenvalue weighted by Gasteiger charge is -2.17. The molecule has 2 heterocycles. The third-order valence-corrected chi connectivity index (χ3v) is 5.02. The Morgan fingerprint density at radius 1 is 1.23 bits per heavy atom. The van der Waals surface area contributed by atoms with E-state index in [1.807, 2.05) is 50.9 Å². The second-order valence-corrected chi connectivity index (χ2v) is 6.88. The average Bonchev–Trinajstić information content (AvgIpc) is 3.12. The van der Waals surface area contributed by atoms with Crippen LogP contribution in [-0.4, -0.2) is 44.1 Å². The molecule has 0 saturated carbocycles. The average molecular weight is 353 g/mol. The lowest BCUT2D eigenvalue weighted by molar-refractivity contribution is -0.130. The zero-order valence-electron chi connectivity index (χ0n) is 16.0. The highest BCUT2D eigenvalue weighted by Gasteiger charge is 2.13. The van der Waals surface area contributed by atoms with Gasteiger partial charge in [-0.05, 0) is 51.3 Å². The van der Waals surface area contributed by atoms with E-state index < -0.39 is 0 Å². The van der Waals surface area contributed by atoms with Crippen molar-refractivity contribution in [3.8, 4) is 0 Å². The number of fused-ring (bicyclic) bond motifs is 1. The van der Waals surface area contributed by atoms with Crippen LogP contribution in [0.25, 0.3) is 11.0 Å². The fourth-order valence-electron chi connectivity index (χ4n) is 3.44. The van der Waals surface area contributed by atoms with Gasteiger partial charge in [0.2, 0.25) is 5.91 Å². The molecule has 138 valence electrons. The Hall–Kier alpha value is -2.63. The Morgan fingerprint density at radius 3 is 2.73 bits per heavy atom. The van der Waals surface area contributed by atoms with Crippen molar-refractivity contribution in [1.82, 2.24) is 24.6 Å². The smallest absolute Gasteiger partial charge is 0.224 e. The molecule has 2 aromatic heterocycles. The summed E-state index contributed by atoms with van der Waals surface area (Å²) in [5, 5.41) is 7.24. The van der Waals surface area contributed by atoms with Gasteiger partial charge in [0.05, 0.1) is 16.7 Å². The molecular weight excluding hydrogens is 326 g/mol. The van der Waals surface area contributed by atoms with Crippen LogP contribution in [0.1, 0.15) is 35.6 Å². The molecule has 1 N–H and O–H groups in total. The van der Waals surface area contributed by atoms with E-state index in [-0.39, 0.29) is 5.91 Å². The molecule has 0 aliphatic carbocycles. The molecule has 6 heteroatoms. The molecule has 0 bridgehead atoms. The van der Waals surface area contributed by atoms with E-state index in [1.165, 1.54) is 5.56 Å². The summed E-state index contributed by atoms with van der Waals surface area (Å²) in [7, 11) is 1.89. The largest absolute Gasteiger partial charge is 0.346 e. The molecule has 1 aromatic carbocycles. The molecule has 3 rings (SSSR count). The van der Waals surface area contributed by atoms with Crippen molar-refractivity contribution >= 4 is 16.9 Å². The van der Waals surface area contributed by atoms with Gasteiger partial charge in [0.25, 0.3) is 0 Å². The molecule has 0 radical (unpaired) electrons. The fourth-order valence-corrected chi connectivity index (χ4v) is 3.44. The molecule has 0 fully saturated rings. The second kappa shape index (κ2) is 7.72. The van der Waals surface area contributed by atoms with Gasteiger partial charge in [0.15, 0.2) is 0 Å². The van der Waals surface area contributed by atoms with E-state index in [2.05, 4.69) is 25.8 Å². The number of hydrogen-bond acceptors (Lipinski definition) is 3. The maximum atomic E-state index is 12.5. The Balaban J connectivity index is 1.52. The maximum absolute atomic E-state index is 12.5. The topological polar surface area (TPSA) is 66.8 Å². The first-order valence-electron chi connectivity index (χ1n) is 9.13. The van der Waals surface area contributed by atoms with Gasteiger partial charge >= 0.3 is 0 Å². The zero-order valence-corrected chi connectivity index (χ0v) is 16.0. The second-order valence-electron chi connectivity index (χ2n) is 6.88. The Morgan fingerprint density at radius 2 is 2.00 bits per heavy atom. The van der Waals surface area contributed by atoms with Crippen molar-refractivity contribution in [1.29, 1.82) is 0 Å². The summed E-state index contributed by atoms with van der Waals surface area (Å²) in [5.41, 5.74) is 5.52. The summed E-state index contributed by atoms with van der Waals surface area (Å²) >= 11 is 0. The van der Waals surface area contributed by atoms with Crippen molar-refractivity contribution in [2.45, 2.75) is 46.6 Å². The molecule has 0 aliphatic heterocycles. The van der Waals surface area contributed by atoms with Crippen LogP contribution in [-0.2, 0) is 17.8 Å². The van der Waals surface area contributed by atoms with E-state index in [4.69, 9.17) is 0 Å². The quantitative estimate of drug-likeness (QED) is 0.709. The first-order valence-corrected chi connectivity index (χ1v) is 9.13. The minimum atomic E-state index is 0.169. The van der Waals surface area contributed by atoms with Crippen LogP contribution in [0.2, 0.25) is 0 Å². The van der Waals surface area contributed by atoms with Gasteiger partial charge < -0.3 is 9.47 Å². The minimum absolute atomic E-state index is 0.169. The zero-order chi connectivity index (χ0) is 18.7. The lowest BCUT2D eigenvalue weighted by atomic mass is 10.1. The fraction of sp³-hybridized carbons (Fsp3) is 0.450. The molecule has 3 aromatic rings. The van der Waals surface area contributed by atoms with Crippen LogP contribution in [0.3, 0.4) is 0 Å². The SMILES string of the molecule is Cc1n[nH]c(C)c1CCCN(C)C(=O)CCn1c(C)nc2ccccc21. The van der Waals surface area contributed by atoms with Crippen LogP contribution in [0, 0.1) is 20.8 Å². The summed E-state index contributed by atoms with van der Waals surface area (Å²) < 4.78 is 2.12. The molecule has 1 amide bonds. The van der Waals surface area contributed by atoms with Crippen molar-refractivity contribution in [3.05, 3.63) is 47.0 Å². The van der Waals surface area contributed by atoms with Crippen LogP contribution in [0.15, 0.2) is 24.3 Å². The number of aromatic amines is 1. The Labute approximate surface area is 154 Å². The van der Waals surface area contributed by atoms with Gasteiger partial charge in [0.1, 0.15) is 5.82 Å². The summed E-state index contributed by atoms with van der Waals surface area (Å²) in [6.07, 6.45) is 2.37. The molecule has 26 heavy (non-hydrogen) atoms. The van der Waals surface area contributed by atoms with Gasteiger partial charge in [-0.1, -0.05) is 12.1 Å². The number of H-pyrrole nitrogens is 1. The number of nitrogens with zero attached hydrogens (tertiary/aromatic N) is 4. The number of para-hydroxylation sites is 2. The highest BCUT2D eigenvalue weighted by molar-refractivity contribution is 5.78. The standard InChI is InChI=1S/C20H27N5O/c1-14-17(15(2)23-22-14)8-7-12-24(4)20(26)11-13-25-16(3)21-18-9-5-6-10-19(18)25/h5-6,9-10H,7-8,11-13H2,1-4H3,(H,22,23). The van der Waals surface area contributed by atoms with Gasteiger partial charge in [-0.2, -0.15) is 5.10 Å².